The number of pyridine rings is 1. The lowest BCUT2D eigenvalue weighted by atomic mass is 9.79. The average Bonchev–Trinajstić information content (AvgIpc) is 3.30. The van der Waals surface area contributed by atoms with E-state index in [-0.39, 0.29) is 18.5 Å². The first-order chi connectivity index (χ1) is 16.7. The molecule has 0 saturated heterocycles. The summed E-state index contributed by atoms with van der Waals surface area (Å²) in [4.78, 5) is 4.46. The molecule has 0 aliphatic carbocycles. The highest BCUT2D eigenvalue weighted by Crippen LogP contribution is 2.38. The molecule has 1 atom stereocenters. The zero-order valence-electron chi connectivity index (χ0n) is 18.9. The van der Waals surface area contributed by atoms with E-state index in [0.717, 1.165) is 23.3 Å². The Kier molecular flexibility index (Phi) is 7.23. The summed E-state index contributed by atoms with van der Waals surface area (Å²) in [7, 11) is 0. The monoisotopic (exact) mass is 502 g/mol. The second-order valence-electron chi connectivity index (χ2n) is 8.21. The summed E-state index contributed by atoms with van der Waals surface area (Å²) < 4.78 is 57.4. The third-order valence-electron chi connectivity index (χ3n) is 5.80. The minimum Gasteiger partial charge on any atom is -0.298 e. The van der Waals surface area contributed by atoms with E-state index in [1.165, 1.54) is 6.20 Å². The van der Waals surface area contributed by atoms with Gasteiger partial charge in [0.15, 0.2) is 0 Å². The van der Waals surface area contributed by atoms with Gasteiger partial charge in [-0.2, -0.15) is 18.3 Å². The van der Waals surface area contributed by atoms with Crippen molar-refractivity contribution in [1.29, 1.82) is 0 Å². The minimum atomic E-state index is -4.72. The smallest absolute Gasteiger partial charge is 0.298 e. The maximum absolute atomic E-state index is 14.6. The molecule has 0 amide bonds. The van der Waals surface area contributed by atoms with Crippen molar-refractivity contribution in [2.45, 2.75) is 38.1 Å². The third-order valence-corrected chi connectivity index (χ3v) is 6.02. The molecule has 9 heteroatoms. The van der Waals surface area contributed by atoms with E-state index in [1.807, 2.05) is 43.5 Å². The first kappa shape index (κ1) is 24.9. The number of hydrogen-bond donors (Lipinski definition) is 1. The molecule has 0 aliphatic heterocycles. The predicted octanol–water partition coefficient (Wildman–Crippen LogP) is 6.39. The normalized spacial score (nSPS) is 13.5. The Morgan fingerprint density at radius 1 is 0.943 bits per heavy atom. The molecule has 0 aliphatic rings. The molecule has 1 unspecified atom stereocenters. The van der Waals surface area contributed by atoms with E-state index in [1.54, 1.807) is 23.0 Å². The van der Waals surface area contributed by atoms with E-state index in [9.17, 15) is 17.6 Å². The highest BCUT2D eigenvalue weighted by atomic mass is 35.5. The van der Waals surface area contributed by atoms with Crippen molar-refractivity contribution in [3.8, 4) is 0 Å². The van der Waals surface area contributed by atoms with Crippen LogP contribution in [0.25, 0.3) is 0 Å². The van der Waals surface area contributed by atoms with Crippen LogP contribution < -0.4 is 5.32 Å². The average molecular weight is 503 g/mol. The molecule has 2 aromatic carbocycles. The Balaban J connectivity index is 1.91. The van der Waals surface area contributed by atoms with Crippen LogP contribution in [0.4, 0.5) is 17.6 Å². The molecule has 35 heavy (non-hydrogen) atoms. The second kappa shape index (κ2) is 10.2. The Morgan fingerprint density at radius 3 is 2.31 bits per heavy atom. The summed E-state index contributed by atoms with van der Waals surface area (Å²) in [5.41, 5.74) is -0.203. The SMILES string of the molecule is CCn1cc(CNC(Cc2ccccc2)(c2cc(F)cc(C(F)(F)F)c2)c2ccc(Cl)cn2)cn1. The molecule has 2 heterocycles. The molecule has 4 rings (SSSR count). The number of aromatic nitrogens is 3. The Hall–Kier alpha value is -3.23. The lowest BCUT2D eigenvalue weighted by molar-refractivity contribution is -0.137. The largest absolute Gasteiger partial charge is 0.416 e. The molecule has 0 bridgehead atoms. The van der Waals surface area contributed by atoms with Gasteiger partial charge in [0.25, 0.3) is 0 Å². The quantitative estimate of drug-likeness (QED) is 0.284. The van der Waals surface area contributed by atoms with Crippen molar-refractivity contribution in [2.24, 2.45) is 0 Å². The molecule has 2 aromatic heterocycles. The van der Waals surface area contributed by atoms with Crippen molar-refractivity contribution in [1.82, 2.24) is 20.1 Å². The molecule has 4 nitrogen and oxygen atoms in total. The Bertz CT molecular complexity index is 1270. The second-order valence-corrected chi connectivity index (χ2v) is 8.65. The first-order valence-corrected chi connectivity index (χ1v) is 11.4. The highest BCUT2D eigenvalue weighted by molar-refractivity contribution is 6.30. The maximum atomic E-state index is 14.6. The van der Waals surface area contributed by atoms with Gasteiger partial charge in [-0.25, -0.2) is 4.39 Å². The van der Waals surface area contributed by atoms with Gasteiger partial charge in [0.2, 0.25) is 0 Å². The number of alkyl halides is 3. The lowest BCUT2D eigenvalue weighted by Gasteiger charge is -2.36. The van der Waals surface area contributed by atoms with Gasteiger partial charge < -0.3 is 0 Å². The minimum absolute atomic E-state index is 0.103. The molecule has 182 valence electrons. The summed E-state index contributed by atoms with van der Waals surface area (Å²) in [5.74, 6) is -0.984. The van der Waals surface area contributed by atoms with Gasteiger partial charge in [0.1, 0.15) is 5.82 Å². The number of rotatable bonds is 8. The van der Waals surface area contributed by atoms with Crippen LogP contribution >= 0.6 is 11.6 Å². The predicted molar refractivity (Wildman–Crippen MR) is 126 cm³/mol. The molecule has 0 fully saturated rings. The van der Waals surface area contributed by atoms with Crippen molar-refractivity contribution in [2.75, 3.05) is 0 Å². The fourth-order valence-corrected chi connectivity index (χ4v) is 4.16. The molecular weight excluding hydrogens is 480 g/mol. The molecule has 4 aromatic rings. The fraction of sp³-hybridized carbons (Fsp3) is 0.231. The van der Waals surface area contributed by atoms with Crippen LogP contribution in [0.1, 0.15) is 34.9 Å². The number of halogens is 5. The van der Waals surface area contributed by atoms with E-state index >= 15 is 0 Å². The first-order valence-electron chi connectivity index (χ1n) is 11.0. The number of nitrogens with zero attached hydrogens (tertiary/aromatic N) is 3. The van der Waals surface area contributed by atoms with Gasteiger partial charge in [-0.1, -0.05) is 41.9 Å². The molecule has 0 spiro atoms. The summed E-state index contributed by atoms with van der Waals surface area (Å²) in [5, 5.41) is 8.05. The highest BCUT2D eigenvalue weighted by Gasteiger charge is 2.39. The molecule has 0 saturated carbocycles. The summed E-state index contributed by atoms with van der Waals surface area (Å²) in [6.45, 7) is 2.88. The lowest BCUT2D eigenvalue weighted by Crippen LogP contribution is -2.46. The fourth-order valence-electron chi connectivity index (χ4n) is 4.05. The third kappa shape index (κ3) is 5.71. The number of hydrogen-bond acceptors (Lipinski definition) is 3. The van der Waals surface area contributed by atoms with E-state index in [2.05, 4.69) is 15.4 Å². The number of benzene rings is 2. The molecule has 1 N–H and O–H groups in total. The number of nitrogens with one attached hydrogen (secondary N) is 1. The van der Waals surface area contributed by atoms with Gasteiger partial charge in [-0.3, -0.25) is 15.0 Å². The van der Waals surface area contributed by atoms with E-state index in [4.69, 9.17) is 11.6 Å². The zero-order chi connectivity index (χ0) is 25.1. The van der Waals surface area contributed by atoms with Crippen LogP contribution in [0.15, 0.2) is 79.3 Å². The Morgan fingerprint density at radius 2 is 1.69 bits per heavy atom. The van der Waals surface area contributed by atoms with Crippen molar-refractivity contribution < 1.29 is 17.6 Å². The van der Waals surface area contributed by atoms with Crippen LogP contribution in [0.2, 0.25) is 5.02 Å². The summed E-state index contributed by atoms with van der Waals surface area (Å²) in [6, 6.07) is 15.1. The van der Waals surface area contributed by atoms with Crippen LogP contribution in [-0.4, -0.2) is 14.8 Å². The van der Waals surface area contributed by atoms with Crippen LogP contribution in [-0.2, 0) is 31.2 Å². The van der Waals surface area contributed by atoms with Crippen LogP contribution in [0, 0.1) is 5.82 Å². The van der Waals surface area contributed by atoms with E-state index in [0.29, 0.717) is 23.3 Å². The van der Waals surface area contributed by atoms with Gasteiger partial charge in [0.05, 0.1) is 28.0 Å². The van der Waals surface area contributed by atoms with E-state index < -0.39 is 23.1 Å². The van der Waals surface area contributed by atoms with Gasteiger partial charge in [0, 0.05) is 37.5 Å². The maximum Gasteiger partial charge on any atom is 0.416 e. The zero-order valence-corrected chi connectivity index (χ0v) is 19.6. The summed E-state index contributed by atoms with van der Waals surface area (Å²) >= 11 is 6.07. The van der Waals surface area contributed by atoms with Gasteiger partial charge >= 0.3 is 6.18 Å². The Labute approximate surface area is 205 Å². The van der Waals surface area contributed by atoms with Crippen LogP contribution in [0.5, 0.6) is 0 Å². The van der Waals surface area contributed by atoms with Crippen LogP contribution in [0.3, 0.4) is 0 Å². The molecule has 0 radical (unpaired) electrons. The van der Waals surface area contributed by atoms with Crippen molar-refractivity contribution >= 4 is 11.6 Å². The summed E-state index contributed by atoms with van der Waals surface area (Å²) in [6.07, 6.45) is 0.460. The standard InChI is InChI=1S/C26H23ClF4N4/c1-2-35-17-19(15-34-35)14-33-25(13-18-6-4-3-5-7-18,24-9-8-22(27)16-32-24)20-10-21(26(29,30)31)12-23(28)11-20/h3-12,15-17,33H,2,13-14H2,1H3. The van der Waals surface area contributed by atoms with Crippen molar-refractivity contribution in [3.63, 3.8) is 0 Å². The number of aryl methyl sites for hydroxylation is 1. The molecular formula is C26H23ClF4N4. The van der Waals surface area contributed by atoms with Crippen molar-refractivity contribution in [3.05, 3.63) is 118 Å². The topological polar surface area (TPSA) is 42.7 Å². The van der Waals surface area contributed by atoms with Gasteiger partial charge in [-0.05, 0) is 48.4 Å². The van der Waals surface area contributed by atoms with Gasteiger partial charge in [-0.15, -0.1) is 0 Å².